The Hall–Kier alpha value is -1.58. The van der Waals surface area contributed by atoms with E-state index in [4.69, 9.17) is 0 Å². The summed E-state index contributed by atoms with van der Waals surface area (Å²) in [6, 6.07) is 1.76. The van der Waals surface area contributed by atoms with E-state index in [0.717, 1.165) is 25.2 Å². The summed E-state index contributed by atoms with van der Waals surface area (Å²) in [4.78, 5) is 16.2. The molecule has 4 heteroatoms. The number of pyridine rings is 1. The zero-order valence-corrected chi connectivity index (χ0v) is 11.1. The molecule has 0 spiro atoms. The fraction of sp³-hybridized carbons (Fsp3) is 0.571. The first-order valence-electron chi connectivity index (χ1n) is 6.67. The van der Waals surface area contributed by atoms with Crippen molar-refractivity contribution in [2.75, 3.05) is 18.4 Å². The van der Waals surface area contributed by atoms with E-state index in [1.54, 1.807) is 18.5 Å². The van der Waals surface area contributed by atoms with Crippen molar-refractivity contribution < 1.29 is 4.79 Å². The summed E-state index contributed by atoms with van der Waals surface area (Å²) < 4.78 is 0. The fourth-order valence-electron chi connectivity index (χ4n) is 2.12. The maximum Gasteiger partial charge on any atom is 0.253 e. The molecule has 0 bridgehead atoms. The Kier molecular flexibility index (Phi) is 3.84. The van der Waals surface area contributed by atoms with Crippen LogP contribution in [0, 0.1) is 5.41 Å². The van der Waals surface area contributed by atoms with E-state index >= 15 is 0 Å². The van der Waals surface area contributed by atoms with Gasteiger partial charge in [-0.2, -0.15) is 0 Å². The van der Waals surface area contributed by atoms with E-state index in [0.29, 0.717) is 11.0 Å². The molecule has 18 heavy (non-hydrogen) atoms. The van der Waals surface area contributed by atoms with E-state index < -0.39 is 0 Å². The van der Waals surface area contributed by atoms with Gasteiger partial charge >= 0.3 is 0 Å². The first-order valence-corrected chi connectivity index (χ1v) is 6.67. The van der Waals surface area contributed by atoms with Crippen LogP contribution in [0.15, 0.2) is 18.5 Å². The average molecular weight is 247 g/mol. The molecule has 0 radical (unpaired) electrons. The zero-order valence-electron chi connectivity index (χ0n) is 11.1. The third-order valence-electron chi connectivity index (χ3n) is 3.76. The molecule has 0 atom stereocenters. The number of nitrogens with zero attached hydrogens (tertiary/aromatic N) is 1. The Labute approximate surface area is 108 Å². The van der Waals surface area contributed by atoms with Crippen molar-refractivity contribution in [2.24, 2.45) is 5.41 Å². The van der Waals surface area contributed by atoms with E-state index in [2.05, 4.69) is 22.5 Å². The molecule has 2 N–H and O–H groups in total. The third kappa shape index (κ3) is 2.81. The number of nitrogens with one attached hydrogen (secondary N) is 2. The highest BCUT2D eigenvalue weighted by Crippen LogP contribution is 2.47. The van der Waals surface area contributed by atoms with Crippen LogP contribution >= 0.6 is 0 Å². The largest absolute Gasteiger partial charge is 0.383 e. The molecule has 1 aliphatic rings. The SMILES string of the molecule is CCNc1cnccc1C(=O)NCC1(CC)CC1. The Morgan fingerprint density at radius 1 is 1.44 bits per heavy atom. The van der Waals surface area contributed by atoms with Crippen molar-refractivity contribution >= 4 is 11.6 Å². The predicted octanol–water partition coefficient (Wildman–Crippen LogP) is 2.43. The van der Waals surface area contributed by atoms with Crippen molar-refractivity contribution in [1.82, 2.24) is 10.3 Å². The van der Waals surface area contributed by atoms with E-state index in [-0.39, 0.29) is 5.91 Å². The lowest BCUT2D eigenvalue weighted by molar-refractivity contribution is 0.0945. The lowest BCUT2D eigenvalue weighted by Gasteiger charge is -2.15. The van der Waals surface area contributed by atoms with Gasteiger partial charge in [-0.1, -0.05) is 6.92 Å². The van der Waals surface area contributed by atoms with Crippen LogP contribution in [0.25, 0.3) is 0 Å². The van der Waals surface area contributed by atoms with Gasteiger partial charge in [-0.25, -0.2) is 0 Å². The highest BCUT2D eigenvalue weighted by atomic mass is 16.1. The molecule has 1 aromatic rings. The molecular formula is C14H21N3O. The molecule has 1 saturated carbocycles. The van der Waals surface area contributed by atoms with Crippen molar-refractivity contribution in [3.05, 3.63) is 24.0 Å². The van der Waals surface area contributed by atoms with Gasteiger partial charge in [0.15, 0.2) is 0 Å². The van der Waals surface area contributed by atoms with Crippen LogP contribution in [-0.4, -0.2) is 24.0 Å². The molecule has 0 aliphatic heterocycles. The number of rotatable bonds is 6. The summed E-state index contributed by atoms with van der Waals surface area (Å²) in [7, 11) is 0. The first-order chi connectivity index (χ1) is 8.71. The van der Waals surface area contributed by atoms with Crippen LogP contribution in [0.2, 0.25) is 0 Å². The van der Waals surface area contributed by atoms with Gasteiger partial charge in [0, 0.05) is 19.3 Å². The van der Waals surface area contributed by atoms with Crippen molar-refractivity contribution in [3.8, 4) is 0 Å². The number of hydrogen-bond acceptors (Lipinski definition) is 3. The second kappa shape index (κ2) is 5.38. The smallest absolute Gasteiger partial charge is 0.253 e. The normalized spacial score (nSPS) is 16.1. The van der Waals surface area contributed by atoms with E-state index in [1.807, 2.05) is 6.92 Å². The molecule has 1 heterocycles. The molecule has 1 aliphatic carbocycles. The summed E-state index contributed by atoms with van der Waals surface area (Å²) >= 11 is 0. The molecule has 98 valence electrons. The predicted molar refractivity (Wildman–Crippen MR) is 72.7 cm³/mol. The minimum Gasteiger partial charge on any atom is -0.383 e. The monoisotopic (exact) mass is 247 g/mol. The van der Waals surface area contributed by atoms with Gasteiger partial charge in [-0.15, -0.1) is 0 Å². The molecule has 0 saturated heterocycles. The Morgan fingerprint density at radius 3 is 2.83 bits per heavy atom. The van der Waals surface area contributed by atoms with Gasteiger partial charge in [0.1, 0.15) is 0 Å². The number of hydrogen-bond donors (Lipinski definition) is 2. The molecule has 1 fully saturated rings. The topological polar surface area (TPSA) is 54.0 Å². The van der Waals surface area contributed by atoms with Crippen LogP contribution in [0.4, 0.5) is 5.69 Å². The molecule has 0 aromatic carbocycles. The highest BCUT2D eigenvalue weighted by Gasteiger charge is 2.40. The Morgan fingerprint density at radius 2 is 2.22 bits per heavy atom. The number of anilines is 1. The number of carbonyl (C=O) groups is 1. The quantitative estimate of drug-likeness (QED) is 0.811. The second-order valence-electron chi connectivity index (χ2n) is 4.99. The van der Waals surface area contributed by atoms with Gasteiger partial charge in [0.05, 0.1) is 17.4 Å². The fourth-order valence-corrected chi connectivity index (χ4v) is 2.12. The molecular weight excluding hydrogens is 226 g/mol. The van der Waals surface area contributed by atoms with Gasteiger partial charge in [-0.3, -0.25) is 9.78 Å². The minimum absolute atomic E-state index is 0.00641. The summed E-state index contributed by atoms with van der Waals surface area (Å²) in [6.45, 7) is 5.77. The van der Waals surface area contributed by atoms with Crippen LogP contribution in [0.5, 0.6) is 0 Å². The maximum absolute atomic E-state index is 12.2. The zero-order chi connectivity index (χ0) is 13.0. The van der Waals surface area contributed by atoms with Crippen molar-refractivity contribution in [2.45, 2.75) is 33.1 Å². The molecule has 4 nitrogen and oxygen atoms in total. The minimum atomic E-state index is -0.00641. The van der Waals surface area contributed by atoms with E-state index in [1.165, 1.54) is 12.8 Å². The Bertz CT molecular complexity index is 427. The van der Waals surface area contributed by atoms with Gasteiger partial charge in [0.25, 0.3) is 5.91 Å². The maximum atomic E-state index is 12.2. The van der Waals surface area contributed by atoms with Crippen LogP contribution in [-0.2, 0) is 0 Å². The van der Waals surface area contributed by atoms with Crippen molar-refractivity contribution in [1.29, 1.82) is 0 Å². The molecule has 0 unspecified atom stereocenters. The van der Waals surface area contributed by atoms with Crippen molar-refractivity contribution in [3.63, 3.8) is 0 Å². The standard InChI is InChI=1S/C14H21N3O/c1-3-14(6-7-14)10-17-13(18)11-5-8-15-9-12(11)16-4-2/h5,8-9,16H,3-4,6-7,10H2,1-2H3,(H,17,18). The first kappa shape index (κ1) is 12.9. The van der Waals surface area contributed by atoms with Gasteiger partial charge < -0.3 is 10.6 Å². The summed E-state index contributed by atoms with van der Waals surface area (Å²) in [6.07, 6.45) is 6.97. The van der Waals surface area contributed by atoms with Gasteiger partial charge in [-0.05, 0) is 37.7 Å². The van der Waals surface area contributed by atoms with Crippen LogP contribution < -0.4 is 10.6 Å². The van der Waals surface area contributed by atoms with E-state index in [9.17, 15) is 4.79 Å². The number of carbonyl (C=O) groups excluding carboxylic acids is 1. The molecule has 1 aromatic heterocycles. The average Bonchev–Trinajstić information content (AvgIpc) is 3.18. The summed E-state index contributed by atoms with van der Waals surface area (Å²) in [5.74, 6) is -0.00641. The summed E-state index contributed by atoms with van der Waals surface area (Å²) in [5, 5.41) is 6.21. The van der Waals surface area contributed by atoms with Crippen LogP contribution in [0.1, 0.15) is 43.5 Å². The van der Waals surface area contributed by atoms with Gasteiger partial charge in [0.2, 0.25) is 0 Å². The summed E-state index contributed by atoms with van der Waals surface area (Å²) in [5.41, 5.74) is 1.86. The van der Waals surface area contributed by atoms with Crippen LogP contribution in [0.3, 0.4) is 0 Å². The third-order valence-corrected chi connectivity index (χ3v) is 3.76. The Balaban J connectivity index is 2.00. The lowest BCUT2D eigenvalue weighted by Crippen LogP contribution is -2.30. The number of aromatic nitrogens is 1. The molecule has 2 rings (SSSR count). The second-order valence-corrected chi connectivity index (χ2v) is 4.99. The number of amides is 1. The molecule has 1 amide bonds. The lowest BCUT2D eigenvalue weighted by atomic mass is 10.0. The highest BCUT2D eigenvalue weighted by molar-refractivity contribution is 5.99.